The lowest BCUT2D eigenvalue weighted by atomic mass is 9.63. The molecule has 0 spiro atoms. The molecule has 0 aromatic rings. The Labute approximate surface area is 140 Å². The molecule has 0 N–H and O–H groups in total. The minimum Gasteiger partial charge on any atom is -0.371 e. The summed E-state index contributed by atoms with van der Waals surface area (Å²) in [5.41, 5.74) is 0.0663. The monoisotopic (exact) mass is 310 g/mol. The summed E-state index contributed by atoms with van der Waals surface area (Å²) in [5, 5.41) is 0. The molecule has 0 amide bonds. The molecule has 4 unspecified atom stereocenters. The molecular formula is C21H42O. The summed E-state index contributed by atoms with van der Waals surface area (Å²) in [5.74, 6) is 4.74. The van der Waals surface area contributed by atoms with Gasteiger partial charge in [-0.15, -0.1) is 0 Å². The molecule has 0 aromatic heterocycles. The van der Waals surface area contributed by atoms with Crippen LogP contribution in [0, 0.1) is 41.4 Å². The van der Waals surface area contributed by atoms with Crippen LogP contribution >= 0.6 is 0 Å². The minimum atomic E-state index is 0.0663. The van der Waals surface area contributed by atoms with E-state index < -0.39 is 0 Å². The van der Waals surface area contributed by atoms with Gasteiger partial charge in [0, 0.05) is 0 Å². The lowest BCUT2D eigenvalue weighted by Crippen LogP contribution is -2.46. The van der Waals surface area contributed by atoms with Crippen LogP contribution in [0.1, 0.15) is 82.1 Å². The van der Waals surface area contributed by atoms with Crippen LogP contribution in [0.15, 0.2) is 0 Å². The molecule has 0 aliphatic carbocycles. The average Bonchev–Trinajstić information content (AvgIpc) is 2.62. The molecule has 1 aliphatic rings. The molecule has 1 nitrogen and oxygen atoms in total. The fraction of sp³-hybridized carbons (Fsp3) is 1.00. The molecule has 0 radical (unpaired) electrons. The molecule has 1 heterocycles. The van der Waals surface area contributed by atoms with Crippen LogP contribution in [0.4, 0.5) is 0 Å². The van der Waals surface area contributed by atoms with Gasteiger partial charge in [0.2, 0.25) is 0 Å². The quantitative estimate of drug-likeness (QED) is 0.527. The Morgan fingerprint density at radius 2 is 1.32 bits per heavy atom. The van der Waals surface area contributed by atoms with Crippen LogP contribution in [-0.2, 0) is 4.74 Å². The van der Waals surface area contributed by atoms with Crippen molar-refractivity contribution >= 4 is 0 Å². The highest BCUT2D eigenvalue weighted by molar-refractivity contribution is 5.05. The lowest BCUT2D eigenvalue weighted by molar-refractivity contribution is -0.112. The van der Waals surface area contributed by atoms with Crippen molar-refractivity contribution in [1.82, 2.24) is 0 Å². The largest absolute Gasteiger partial charge is 0.371 e. The van der Waals surface area contributed by atoms with Crippen molar-refractivity contribution in [2.75, 3.05) is 0 Å². The van der Waals surface area contributed by atoms with Crippen molar-refractivity contribution < 1.29 is 4.74 Å². The van der Waals surface area contributed by atoms with Gasteiger partial charge >= 0.3 is 0 Å². The van der Waals surface area contributed by atoms with Crippen LogP contribution in [-0.4, -0.2) is 11.7 Å². The zero-order valence-corrected chi connectivity index (χ0v) is 16.9. The Balaban J connectivity index is 3.29. The first-order valence-corrected chi connectivity index (χ1v) is 9.70. The average molecular weight is 311 g/mol. The molecule has 1 heteroatoms. The first-order valence-electron chi connectivity index (χ1n) is 9.70. The molecule has 0 aromatic carbocycles. The second kappa shape index (κ2) is 7.69. The van der Waals surface area contributed by atoms with Gasteiger partial charge in [-0.25, -0.2) is 0 Å². The topological polar surface area (TPSA) is 9.23 Å². The first kappa shape index (κ1) is 20.0. The third-order valence-corrected chi connectivity index (χ3v) is 5.68. The Morgan fingerprint density at radius 3 is 1.64 bits per heavy atom. The van der Waals surface area contributed by atoms with E-state index in [4.69, 9.17) is 4.74 Å². The van der Waals surface area contributed by atoms with Crippen LogP contribution < -0.4 is 0 Å². The smallest absolute Gasteiger partial charge is 0.0745 e. The Hall–Kier alpha value is -0.0400. The lowest BCUT2D eigenvalue weighted by Gasteiger charge is -2.43. The predicted octanol–water partition coefficient (Wildman–Crippen LogP) is 6.42. The fourth-order valence-corrected chi connectivity index (χ4v) is 5.10. The van der Waals surface area contributed by atoms with Gasteiger partial charge in [0.05, 0.1) is 11.7 Å². The first-order chi connectivity index (χ1) is 10.0. The summed E-state index contributed by atoms with van der Waals surface area (Å²) in [4.78, 5) is 0. The summed E-state index contributed by atoms with van der Waals surface area (Å²) in [6, 6.07) is 0. The van der Waals surface area contributed by atoms with Crippen molar-refractivity contribution in [3.05, 3.63) is 0 Å². The normalized spacial score (nSPS) is 33.1. The van der Waals surface area contributed by atoms with E-state index >= 15 is 0 Å². The van der Waals surface area contributed by atoms with Crippen molar-refractivity contribution in [2.45, 2.75) is 93.8 Å². The van der Waals surface area contributed by atoms with E-state index in [2.05, 4.69) is 69.2 Å². The van der Waals surface area contributed by atoms with Crippen LogP contribution in [0.3, 0.4) is 0 Å². The van der Waals surface area contributed by atoms with Gasteiger partial charge in [-0.3, -0.25) is 0 Å². The molecule has 132 valence electrons. The Morgan fingerprint density at radius 1 is 0.773 bits per heavy atom. The predicted molar refractivity (Wildman–Crippen MR) is 98.0 cm³/mol. The van der Waals surface area contributed by atoms with E-state index in [0.29, 0.717) is 47.5 Å². The van der Waals surface area contributed by atoms with E-state index in [-0.39, 0.29) is 5.60 Å². The molecule has 1 aliphatic heterocycles. The van der Waals surface area contributed by atoms with Gasteiger partial charge in [-0.1, -0.05) is 69.2 Å². The van der Waals surface area contributed by atoms with Crippen molar-refractivity contribution in [3.8, 4) is 0 Å². The number of hydrogen-bond donors (Lipinski definition) is 0. The molecular weight excluding hydrogens is 268 g/mol. The van der Waals surface area contributed by atoms with Crippen molar-refractivity contribution in [1.29, 1.82) is 0 Å². The summed E-state index contributed by atoms with van der Waals surface area (Å²) in [6.07, 6.45) is 2.85. The Kier molecular flexibility index (Phi) is 6.99. The van der Waals surface area contributed by atoms with Crippen LogP contribution in [0.5, 0.6) is 0 Å². The number of rotatable bonds is 7. The van der Waals surface area contributed by atoms with Gasteiger partial charge in [0.25, 0.3) is 0 Å². The minimum absolute atomic E-state index is 0.0663. The SMILES string of the molecule is CC(C)CC1OC(CC(C)C)(C(C)C)C(C(C)C)C1C(C)C. The highest BCUT2D eigenvalue weighted by Gasteiger charge is 2.57. The van der Waals surface area contributed by atoms with Gasteiger partial charge in [-0.05, 0) is 54.3 Å². The van der Waals surface area contributed by atoms with Crippen LogP contribution in [0.2, 0.25) is 0 Å². The highest BCUT2D eigenvalue weighted by Crippen LogP contribution is 2.54. The Bertz CT molecular complexity index is 329. The fourth-order valence-electron chi connectivity index (χ4n) is 5.10. The summed E-state index contributed by atoms with van der Waals surface area (Å²) >= 11 is 0. The highest BCUT2D eigenvalue weighted by atomic mass is 16.5. The number of hydrogen-bond acceptors (Lipinski definition) is 1. The molecule has 22 heavy (non-hydrogen) atoms. The molecule has 0 bridgehead atoms. The van der Waals surface area contributed by atoms with Gasteiger partial charge in [-0.2, -0.15) is 0 Å². The van der Waals surface area contributed by atoms with E-state index in [1.54, 1.807) is 0 Å². The maximum absolute atomic E-state index is 6.98. The standard InChI is InChI=1S/C21H42O/c1-13(2)11-18-19(15(5)6)20(16(7)8)21(22-18,17(9)10)12-14(3)4/h13-20H,11-12H2,1-10H3. The maximum Gasteiger partial charge on any atom is 0.0745 e. The second-order valence-corrected chi connectivity index (χ2v) is 9.58. The molecule has 1 rings (SSSR count). The maximum atomic E-state index is 6.98. The molecule has 4 atom stereocenters. The van der Waals surface area contributed by atoms with E-state index in [1.165, 1.54) is 12.8 Å². The third kappa shape index (κ3) is 4.08. The van der Waals surface area contributed by atoms with Gasteiger partial charge < -0.3 is 4.74 Å². The van der Waals surface area contributed by atoms with Crippen molar-refractivity contribution in [2.24, 2.45) is 41.4 Å². The van der Waals surface area contributed by atoms with Gasteiger partial charge in [0.15, 0.2) is 0 Å². The summed E-state index contributed by atoms with van der Waals surface area (Å²) in [7, 11) is 0. The van der Waals surface area contributed by atoms with Gasteiger partial charge in [0.1, 0.15) is 0 Å². The second-order valence-electron chi connectivity index (χ2n) is 9.58. The van der Waals surface area contributed by atoms with Crippen molar-refractivity contribution in [3.63, 3.8) is 0 Å². The molecule has 1 saturated heterocycles. The summed E-state index contributed by atoms with van der Waals surface area (Å²) in [6.45, 7) is 23.8. The third-order valence-electron chi connectivity index (χ3n) is 5.68. The van der Waals surface area contributed by atoms with E-state index in [0.717, 1.165) is 0 Å². The molecule has 0 saturated carbocycles. The molecule has 1 fully saturated rings. The number of ether oxygens (including phenoxy) is 1. The zero-order valence-electron chi connectivity index (χ0n) is 16.9. The van der Waals surface area contributed by atoms with E-state index in [9.17, 15) is 0 Å². The zero-order chi connectivity index (χ0) is 17.2. The summed E-state index contributed by atoms with van der Waals surface area (Å²) < 4.78 is 6.98. The van der Waals surface area contributed by atoms with E-state index in [1.807, 2.05) is 0 Å². The van der Waals surface area contributed by atoms with Crippen LogP contribution in [0.25, 0.3) is 0 Å².